The molecule has 2 N–H and O–H groups in total. The first-order valence-electron chi connectivity index (χ1n) is 10.6. The Labute approximate surface area is 201 Å². The third-order valence-corrected chi connectivity index (χ3v) is 6.84. The smallest absolute Gasteiger partial charge is 0.416 e. The average Bonchev–Trinajstić information content (AvgIpc) is 2.80. The molecule has 2 aromatic carbocycles. The summed E-state index contributed by atoms with van der Waals surface area (Å²) in [5.41, 5.74) is 4.08. The molecule has 6 nitrogen and oxygen atoms in total. The van der Waals surface area contributed by atoms with Gasteiger partial charge in [-0.3, -0.25) is 4.79 Å². The van der Waals surface area contributed by atoms with Gasteiger partial charge in [-0.05, 0) is 31.4 Å². The standard InChI is InChI=1S/C24H29F3N2O4S/c1-29-12-16(33-14-31-2)11-23(13-29,15-8-6-5-7-9-15)20-17(24(25,26)27)10-18(34-4)19(22(28)30)21(20)32-3/h5-10,16H,11-14H2,1-4H3,(H2,28,30). The maximum atomic E-state index is 14.6. The van der Waals surface area contributed by atoms with E-state index in [9.17, 15) is 18.0 Å². The SMILES string of the molecule is COCOC1CN(C)CC(c2ccccc2)(c2c(C(F)(F)F)cc(SC)c(C(N)=O)c2OC)C1. The average molecular weight is 499 g/mol. The Morgan fingerprint density at radius 2 is 1.94 bits per heavy atom. The molecule has 10 heteroatoms. The number of likely N-dealkylation sites (N-methyl/N-ethyl adjacent to an activating group) is 1. The number of benzene rings is 2. The van der Waals surface area contributed by atoms with Crippen molar-refractivity contribution in [1.82, 2.24) is 4.90 Å². The van der Waals surface area contributed by atoms with Crippen molar-refractivity contribution < 1.29 is 32.2 Å². The molecule has 1 saturated heterocycles. The topological polar surface area (TPSA) is 74.0 Å². The molecule has 0 aromatic heterocycles. The van der Waals surface area contributed by atoms with E-state index in [1.165, 1.54) is 14.2 Å². The van der Waals surface area contributed by atoms with Crippen molar-refractivity contribution in [3.63, 3.8) is 0 Å². The monoisotopic (exact) mass is 498 g/mol. The number of nitrogens with two attached hydrogens (primary N) is 1. The number of methoxy groups -OCH3 is 2. The molecule has 0 spiro atoms. The molecule has 2 unspecified atom stereocenters. The number of alkyl halides is 3. The predicted molar refractivity (Wildman–Crippen MR) is 124 cm³/mol. The van der Waals surface area contributed by atoms with E-state index in [2.05, 4.69) is 0 Å². The highest BCUT2D eigenvalue weighted by Crippen LogP contribution is 2.52. The maximum absolute atomic E-state index is 14.6. The molecular weight excluding hydrogens is 469 g/mol. The van der Waals surface area contributed by atoms with Crippen molar-refractivity contribution in [2.24, 2.45) is 5.73 Å². The van der Waals surface area contributed by atoms with E-state index >= 15 is 0 Å². The number of hydrogen-bond donors (Lipinski definition) is 1. The number of ether oxygens (including phenoxy) is 3. The number of rotatable bonds is 8. The van der Waals surface area contributed by atoms with Crippen molar-refractivity contribution in [3.8, 4) is 5.75 Å². The summed E-state index contributed by atoms with van der Waals surface area (Å²) in [7, 11) is 4.58. The normalized spacial score (nSPS) is 21.4. The molecule has 2 atom stereocenters. The van der Waals surface area contributed by atoms with Crippen molar-refractivity contribution in [2.75, 3.05) is 47.4 Å². The summed E-state index contributed by atoms with van der Waals surface area (Å²) in [5, 5.41) is 0. The van der Waals surface area contributed by atoms with Crippen molar-refractivity contribution in [2.45, 2.75) is 29.0 Å². The molecule has 186 valence electrons. The second kappa shape index (κ2) is 10.6. The molecule has 0 bridgehead atoms. The quantitative estimate of drug-likeness (QED) is 0.436. The van der Waals surface area contributed by atoms with Crippen LogP contribution in [-0.2, 0) is 21.1 Å². The Balaban J connectivity index is 2.45. The largest absolute Gasteiger partial charge is 0.496 e. The molecule has 1 aliphatic rings. The molecule has 3 rings (SSSR count). The Bertz CT molecular complexity index is 1020. The van der Waals surface area contributed by atoms with Crippen LogP contribution in [0.1, 0.15) is 33.5 Å². The molecule has 1 amide bonds. The van der Waals surface area contributed by atoms with Crippen molar-refractivity contribution >= 4 is 17.7 Å². The van der Waals surface area contributed by atoms with Crippen LogP contribution in [-0.4, -0.2) is 64.3 Å². The van der Waals surface area contributed by atoms with Gasteiger partial charge in [-0.15, -0.1) is 11.8 Å². The van der Waals surface area contributed by atoms with Crippen LogP contribution in [0.2, 0.25) is 0 Å². The first-order valence-corrected chi connectivity index (χ1v) is 11.8. The van der Waals surface area contributed by atoms with E-state index in [0.29, 0.717) is 12.1 Å². The number of halogens is 3. The van der Waals surface area contributed by atoms with Crippen LogP contribution >= 0.6 is 11.8 Å². The lowest BCUT2D eigenvalue weighted by Crippen LogP contribution is -2.52. The lowest BCUT2D eigenvalue weighted by Gasteiger charge is -2.47. The first kappa shape index (κ1) is 26.3. The zero-order chi connectivity index (χ0) is 25.1. The van der Waals surface area contributed by atoms with Gasteiger partial charge in [0.05, 0.1) is 24.3 Å². The molecule has 34 heavy (non-hydrogen) atoms. The molecule has 2 aromatic rings. The fourth-order valence-electron chi connectivity index (χ4n) is 4.89. The predicted octanol–water partition coefficient (Wildman–Crippen LogP) is 4.15. The molecule has 0 aliphatic carbocycles. The number of nitrogens with zero attached hydrogens (tertiary/aromatic N) is 1. The minimum Gasteiger partial charge on any atom is -0.496 e. The van der Waals surface area contributed by atoms with E-state index < -0.39 is 29.2 Å². The number of primary amides is 1. The molecule has 1 aliphatic heterocycles. The van der Waals surface area contributed by atoms with Gasteiger partial charge in [0.2, 0.25) is 0 Å². The van der Waals surface area contributed by atoms with Crippen LogP contribution in [0.15, 0.2) is 41.3 Å². The third-order valence-electron chi connectivity index (χ3n) is 6.08. The molecule has 0 saturated carbocycles. The Hall–Kier alpha value is -2.27. The Morgan fingerprint density at radius 3 is 2.47 bits per heavy atom. The number of piperidine rings is 1. The summed E-state index contributed by atoms with van der Waals surface area (Å²) in [6.45, 7) is 0.762. The van der Waals surface area contributed by atoms with Crippen LogP contribution in [0.25, 0.3) is 0 Å². The Kier molecular flexibility index (Phi) is 8.18. The second-order valence-corrected chi connectivity index (χ2v) is 9.16. The highest BCUT2D eigenvalue weighted by molar-refractivity contribution is 7.98. The number of amides is 1. The van der Waals surface area contributed by atoms with Gasteiger partial charge in [-0.2, -0.15) is 13.2 Å². The molecular formula is C24H29F3N2O4S. The van der Waals surface area contributed by atoms with Crippen LogP contribution < -0.4 is 10.5 Å². The second-order valence-electron chi connectivity index (χ2n) is 8.32. The van der Waals surface area contributed by atoms with Crippen molar-refractivity contribution in [1.29, 1.82) is 0 Å². The summed E-state index contributed by atoms with van der Waals surface area (Å²) in [5.74, 6) is -1.01. The van der Waals surface area contributed by atoms with Crippen molar-refractivity contribution in [3.05, 3.63) is 58.7 Å². The summed E-state index contributed by atoms with van der Waals surface area (Å²) < 4.78 is 60.3. The lowest BCUT2D eigenvalue weighted by atomic mass is 9.66. The van der Waals surface area contributed by atoms with Gasteiger partial charge in [0.25, 0.3) is 5.91 Å². The third kappa shape index (κ3) is 5.05. The van der Waals surface area contributed by atoms with E-state index in [1.54, 1.807) is 36.6 Å². The van der Waals surface area contributed by atoms with E-state index in [0.717, 1.165) is 17.8 Å². The van der Waals surface area contributed by atoms with Crippen LogP contribution in [0.4, 0.5) is 13.2 Å². The van der Waals surface area contributed by atoms with Crippen LogP contribution in [0.3, 0.4) is 0 Å². The van der Waals surface area contributed by atoms with Gasteiger partial charge < -0.3 is 24.8 Å². The fraction of sp³-hybridized carbons (Fsp3) is 0.458. The molecule has 1 fully saturated rings. The van der Waals surface area contributed by atoms with Gasteiger partial charge in [0.1, 0.15) is 12.5 Å². The van der Waals surface area contributed by atoms with Gasteiger partial charge in [0, 0.05) is 36.1 Å². The number of hydrogen-bond acceptors (Lipinski definition) is 6. The van der Waals surface area contributed by atoms with Gasteiger partial charge >= 0.3 is 6.18 Å². The number of carbonyl (C=O) groups is 1. The minimum atomic E-state index is -4.70. The minimum absolute atomic E-state index is 0.00455. The van der Waals surface area contributed by atoms with E-state index in [1.807, 2.05) is 11.9 Å². The first-order chi connectivity index (χ1) is 16.1. The number of thioether (sulfide) groups is 1. The van der Waals surface area contributed by atoms with Crippen LogP contribution in [0.5, 0.6) is 5.75 Å². The molecule has 1 heterocycles. The summed E-state index contributed by atoms with van der Waals surface area (Å²) in [6, 6.07) is 9.95. The summed E-state index contributed by atoms with van der Waals surface area (Å²) in [4.78, 5) is 14.5. The van der Waals surface area contributed by atoms with Gasteiger partial charge in [0.15, 0.2) is 0 Å². The highest BCUT2D eigenvalue weighted by Gasteiger charge is 2.50. The lowest BCUT2D eigenvalue weighted by molar-refractivity contribution is -0.140. The summed E-state index contributed by atoms with van der Waals surface area (Å²) in [6.07, 6.45) is -3.32. The van der Waals surface area contributed by atoms with Crippen LogP contribution in [0, 0.1) is 0 Å². The zero-order valence-electron chi connectivity index (χ0n) is 19.6. The van der Waals surface area contributed by atoms with Gasteiger partial charge in [-0.25, -0.2) is 0 Å². The van der Waals surface area contributed by atoms with Gasteiger partial charge in [-0.1, -0.05) is 30.3 Å². The van der Waals surface area contributed by atoms with E-state index in [-0.39, 0.29) is 41.5 Å². The molecule has 0 radical (unpaired) electrons. The van der Waals surface area contributed by atoms with E-state index in [4.69, 9.17) is 19.9 Å². The fourth-order valence-corrected chi connectivity index (χ4v) is 5.52. The Morgan fingerprint density at radius 1 is 1.26 bits per heavy atom. The summed E-state index contributed by atoms with van der Waals surface area (Å²) >= 11 is 1.01. The highest BCUT2D eigenvalue weighted by atomic mass is 32.2. The zero-order valence-corrected chi connectivity index (χ0v) is 20.4. The number of carbonyl (C=O) groups excluding carboxylic acids is 1. The maximum Gasteiger partial charge on any atom is 0.416 e. The number of likely N-dealkylation sites (tertiary alicyclic amines) is 1.